The fourth-order valence-corrected chi connectivity index (χ4v) is 5.01. The summed E-state index contributed by atoms with van der Waals surface area (Å²) in [6, 6.07) is 21.7. The third kappa shape index (κ3) is 4.62. The van der Waals surface area contributed by atoms with Crippen LogP contribution in [-0.2, 0) is 15.8 Å². The molecule has 0 saturated carbocycles. The molecule has 0 aliphatic carbocycles. The van der Waals surface area contributed by atoms with Gasteiger partial charge in [-0.25, -0.2) is 8.42 Å². The van der Waals surface area contributed by atoms with Crippen LogP contribution < -0.4 is 9.46 Å². The maximum atomic E-state index is 11.5. The molecule has 1 aliphatic heterocycles. The van der Waals surface area contributed by atoms with Gasteiger partial charge < -0.3 is 4.74 Å². The van der Waals surface area contributed by atoms with Crippen LogP contribution in [0.3, 0.4) is 0 Å². The van der Waals surface area contributed by atoms with Crippen LogP contribution in [0, 0.1) is 0 Å². The van der Waals surface area contributed by atoms with Crippen LogP contribution in [-0.4, -0.2) is 21.8 Å². The van der Waals surface area contributed by atoms with E-state index in [9.17, 15) is 8.42 Å². The number of anilines is 1. The van der Waals surface area contributed by atoms with Crippen LogP contribution in [0.2, 0.25) is 0 Å². The summed E-state index contributed by atoms with van der Waals surface area (Å²) < 4.78 is 31.0. The van der Waals surface area contributed by atoms with Crippen molar-refractivity contribution in [3.63, 3.8) is 0 Å². The van der Waals surface area contributed by atoms with E-state index in [4.69, 9.17) is 4.74 Å². The topological polar surface area (TPSA) is 55.4 Å². The normalized spacial score (nSPS) is 12.8. The molecule has 3 aromatic carbocycles. The predicted octanol–water partition coefficient (Wildman–Crippen LogP) is 5.42. The molecule has 1 heterocycles. The molecule has 6 heteroatoms. The highest BCUT2D eigenvalue weighted by Crippen LogP contribution is 2.41. The van der Waals surface area contributed by atoms with Gasteiger partial charge in [0, 0.05) is 27.5 Å². The van der Waals surface area contributed by atoms with Gasteiger partial charge in [0.1, 0.15) is 5.75 Å². The Bertz CT molecular complexity index is 1270. The van der Waals surface area contributed by atoms with E-state index < -0.39 is 10.0 Å². The molecule has 0 aromatic heterocycles. The van der Waals surface area contributed by atoms with Crippen LogP contribution in [0.5, 0.6) is 5.75 Å². The summed E-state index contributed by atoms with van der Waals surface area (Å²) in [7, 11) is -1.65. The summed E-state index contributed by atoms with van der Waals surface area (Å²) >= 11 is 1.78. The average molecular weight is 436 g/mol. The number of hydrogen-bond acceptors (Lipinski definition) is 4. The Morgan fingerprint density at radius 1 is 1.03 bits per heavy atom. The third-order valence-electron chi connectivity index (χ3n) is 4.70. The molecule has 0 unspecified atom stereocenters. The molecule has 1 aliphatic rings. The highest BCUT2D eigenvalue weighted by atomic mass is 32.2. The fraction of sp³-hybridized carbons (Fsp3) is 0.125. The molecule has 1 N–H and O–H groups in total. The van der Waals surface area contributed by atoms with Crippen LogP contribution in [0.25, 0.3) is 11.6 Å². The molecule has 3 aromatic rings. The Balaban J connectivity index is 1.85. The van der Waals surface area contributed by atoms with Gasteiger partial charge in [0.15, 0.2) is 0 Å². The van der Waals surface area contributed by atoms with Crippen LogP contribution >= 0.6 is 11.8 Å². The number of rotatable bonds is 4. The van der Waals surface area contributed by atoms with E-state index in [2.05, 4.69) is 40.8 Å². The largest absolute Gasteiger partial charge is 0.497 e. The number of thioether (sulfide) groups is 1. The first-order chi connectivity index (χ1) is 14.4. The molecule has 4 rings (SSSR count). The van der Waals surface area contributed by atoms with Crippen molar-refractivity contribution in [2.45, 2.75) is 10.6 Å². The first-order valence-corrected chi connectivity index (χ1v) is 12.2. The van der Waals surface area contributed by atoms with Crippen molar-refractivity contribution in [1.29, 1.82) is 0 Å². The molecular formula is C24H21NO3S2. The van der Waals surface area contributed by atoms with E-state index >= 15 is 0 Å². The second kappa shape index (κ2) is 8.44. The van der Waals surface area contributed by atoms with Crippen LogP contribution in [0.4, 0.5) is 5.69 Å². The van der Waals surface area contributed by atoms with Crippen molar-refractivity contribution in [3.8, 4) is 5.75 Å². The van der Waals surface area contributed by atoms with Gasteiger partial charge in [0.25, 0.3) is 0 Å². The maximum absolute atomic E-state index is 11.5. The van der Waals surface area contributed by atoms with E-state index in [1.54, 1.807) is 31.0 Å². The summed E-state index contributed by atoms with van der Waals surface area (Å²) in [5.41, 5.74) is 9.38. The van der Waals surface area contributed by atoms with Gasteiger partial charge in [-0.1, -0.05) is 36.4 Å². The number of hydrogen-bond donors (Lipinski definition) is 1. The summed E-state index contributed by atoms with van der Waals surface area (Å²) in [6.07, 6.45) is 3.03. The lowest BCUT2D eigenvalue weighted by Gasteiger charge is -2.10. The zero-order valence-corrected chi connectivity index (χ0v) is 18.3. The minimum Gasteiger partial charge on any atom is -0.497 e. The van der Waals surface area contributed by atoms with Crippen molar-refractivity contribution in [2.24, 2.45) is 0 Å². The Kier molecular flexibility index (Phi) is 5.73. The molecular weight excluding hydrogens is 414 g/mol. The minimum absolute atomic E-state index is 0.528. The Hall–Kier alpha value is -2.92. The standard InChI is InChI=1S/C24H21NO3S2/c1-28-20-11-13-23-22(21-9-4-3-7-18(21)16-29-24(23)15-20)12-10-17-6-5-8-19(14-17)25-30(2,26)27/h3-11,13-15,25H,16H2,1-2H3. The summed E-state index contributed by atoms with van der Waals surface area (Å²) in [4.78, 5) is 1.15. The smallest absolute Gasteiger partial charge is 0.229 e. The fourth-order valence-electron chi connectivity index (χ4n) is 3.36. The molecule has 0 radical (unpaired) electrons. The molecule has 0 atom stereocenters. The minimum atomic E-state index is -3.32. The second-order valence-corrected chi connectivity index (χ2v) is 9.74. The predicted molar refractivity (Wildman–Crippen MR) is 124 cm³/mol. The molecule has 0 amide bonds. The number of fused-ring (bicyclic) bond motifs is 2. The highest BCUT2D eigenvalue weighted by Gasteiger charge is 2.18. The van der Waals surface area contributed by atoms with Crippen molar-refractivity contribution < 1.29 is 13.2 Å². The highest BCUT2D eigenvalue weighted by molar-refractivity contribution is 7.98. The molecule has 0 bridgehead atoms. The van der Waals surface area contributed by atoms with Gasteiger partial charge >= 0.3 is 0 Å². The van der Waals surface area contributed by atoms with Crippen molar-refractivity contribution in [3.05, 3.63) is 94.7 Å². The second-order valence-electron chi connectivity index (χ2n) is 6.97. The van der Waals surface area contributed by atoms with E-state index in [1.165, 1.54) is 5.56 Å². The first-order valence-electron chi connectivity index (χ1n) is 9.37. The lowest BCUT2D eigenvalue weighted by atomic mass is 9.95. The summed E-state index contributed by atoms with van der Waals surface area (Å²) in [5.74, 6) is 1.70. The quantitative estimate of drug-likeness (QED) is 0.556. The number of sulfonamides is 1. The molecule has 0 fully saturated rings. The molecule has 4 nitrogen and oxygen atoms in total. The van der Waals surface area contributed by atoms with E-state index in [0.29, 0.717) is 5.69 Å². The van der Waals surface area contributed by atoms with Crippen molar-refractivity contribution in [2.75, 3.05) is 18.1 Å². The Morgan fingerprint density at radius 3 is 2.67 bits per heavy atom. The van der Waals surface area contributed by atoms with Gasteiger partial charge in [0.2, 0.25) is 10.0 Å². The molecule has 0 spiro atoms. The lowest BCUT2D eigenvalue weighted by molar-refractivity contribution is 0.413. The third-order valence-corrected chi connectivity index (χ3v) is 6.41. The molecule has 0 saturated heterocycles. The molecule has 152 valence electrons. The SMILES string of the molecule is COc1ccc2c(c1)SCc1ccccc1C2=C=Cc1cccc(NS(C)(=O)=O)c1. The monoisotopic (exact) mass is 435 g/mol. The number of methoxy groups -OCH3 is 1. The number of benzene rings is 3. The first kappa shape index (κ1) is 20.4. The van der Waals surface area contributed by atoms with Gasteiger partial charge in [-0.2, -0.15) is 0 Å². The Morgan fingerprint density at radius 2 is 1.87 bits per heavy atom. The zero-order chi connectivity index (χ0) is 21.1. The summed E-state index contributed by atoms with van der Waals surface area (Å²) in [5, 5.41) is 0. The summed E-state index contributed by atoms with van der Waals surface area (Å²) in [6.45, 7) is 0. The van der Waals surface area contributed by atoms with E-state index in [1.807, 2.05) is 30.3 Å². The van der Waals surface area contributed by atoms with Gasteiger partial charge in [-0.05, 0) is 53.1 Å². The van der Waals surface area contributed by atoms with Gasteiger partial charge in [-0.3, -0.25) is 4.72 Å². The molecule has 30 heavy (non-hydrogen) atoms. The zero-order valence-electron chi connectivity index (χ0n) is 16.7. The van der Waals surface area contributed by atoms with Crippen molar-refractivity contribution >= 4 is 39.1 Å². The van der Waals surface area contributed by atoms with E-state index in [-0.39, 0.29) is 0 Å². The number of nitrogens with one attached hydrogen (secondary N) is 1. The van der Waals surface area contributed by atoms with E-state index in [0.717, 1.165) is 44.9 Å². The van der Waals surface area contributed by atoms with Crippen LogP contribution in [0.1, 0.15) is 22.3 Å². The average Bonchev–Trinajstić information content (AvgIpc) is 2.87. The maximum Gasteiger partial charge on any atom is 0.229 e. The van der Waals surface area contributed by atoms with Gasteiger partial charge in [0.05, 0.1) is 13.4 Å². The van der Waals surface area contributed by atoms with Crippen molar-refractivity contribution in [1.82, 2.24) is 0 Å². The van der Waals surface area contributed by atoms with Gasteiger partial charge in [-0.15, -0.1) is 17.5 Å². The number of ether oxygens (including phenoxy) is 1. The lowest BCUT2D eigenvalue weighted by Crippen LogP contribution is -2.09. The van der Waals surface area contributed by atoms with Crippen LogP contribution in [0.15, 0.2) is 77.4 Å². The Labute approximate surface area is 181 Å².